The van der Waals surface area contributed by atoms with E-state index in [4.69, 9.17) is 28.9 Å². The zero-order chi connectivity index (χ0) is 19.6. The highest BCUT2D eigenvalue weighted by atomic mass is 79.9. The number of pyridine rings is 2. The van der Waals surface area contributed by atoms with Gasteiger partial charge in [0.1, 0.15) is 10.3 Å². The van der Waals surface area contributed by atoms with E-state index in [0.29, 0.717) is 26.2 Å². The largest absolute Gasteiger partial charge is 0.397 e. The number of nitrogen functional groups attached to an aromatic ring is 1. The summed E-state index contributed by atoms with van der Waals surface area (Å²) in [4.78, 5) is 27.4. The predicted octanol–water partition coefficient (Wildman–Crippen LogP) is 5.31. The molecular weight excluding hydrogens is 522 g/mol. The molecule has 0 aromatic carbocycles. The van der Waals surface area contributed by atoms with Gasteiger partial charge in [0, 0.05) is 13.8 Å². The van der Waals surface area contributed by atoms with Gasteiger partial charge in [-0.05, 0) is 55.6 Å². The summed E-state index contributed by atoms with van der Waals surface area (Å²) in [6.45, 7) is 2.73. The average Bonchev–Trinajstić information content (AvgIpc) is 2.47. The van der Waals surface area contributed by atoms with Crippen molar-refractivity contribution in [1.82, 2.24) is 9.97 Å². The first-order chi connectivity index (χ1) is 11.5. The molecule has 2 aromatic rings. The molecule has 0 saturated carbocycles. The predicted molar refractivity (Wildman–Crippen MR) is 109 cm³/mol. The van der Waals surface area contributed by atoms with E-state index in [-0.39, 0.29) is 11.1 Å². The molecule has 136 valence electrons. The molecule has 6 nitrogen and oxygen atoms in total. The summed E-state index contributed by atoms with van der Waals surface area (Å²) in [5, 5.41) is 3.03. The van der Waals surface area contributed by atoms with Crippen LogP contribution in [0.4, 0.5) is 11.4 Å². The van der Waals surface area contributed by atoms with Gasteiger partial charge in [0.05, 0.1) is 32.7 Å². The number of rotatable bonds is 1. The number of nitrogens with two attached hydrogens (primary N) is 1. The van der Waals surface area contributed by atoms with E-state index < -0.39 is 0 Å². The number of carbonyl (C=O) groups excluding carboxylic acids is 2. The molecule has 0 atom stereocenters. The van der Waals surface area contributed by atoms with Crippen LogP contribution < -0.4 is 11.1 Å². The molecule has 0 radical (unpaired) electrons. The fraction of sp³-hybridized carbons (Fsp3) is 0.143. The van der Waals surface area contributed by atoms with Crippen LogP contribution >= 0.6 is 66.7 Å². The van der Waals surface area contributed by atoms with Gasteiger partial charge in [-0.1, -0.05) is 23.2 Å². The van der Waals surface area contributed by atoms with Crippen LogP contribution in [0.5, 0.6) is 0 Å². The van der Waals surface area contributed by atoms with Crippen LogP contribution in [0.25, 0.3) is 0 Å². The number of nitrogens with zero attached hydrogens (tertiary/aromatic N) is 2. The lowest BCUT2D eigenvalue weighted by Gasteiger charge is -2.01. The number of nitrogens with one attached hydrogen (secondary N) is 1. The fourth-order valence-electron chi connectivity index (χ4n) is 1.13. The van der Waals surface area contributed by atoms with Gasteiger partial charge in [0.2, 0.25) is 11.1 Å². The van der Waals surface area contributed by atoms with Gasteiger partial charge in [-0.15, -0.1) is 0 Å². The molecular formula is C14H13Br2Cl3N4O2. The Morgan fingerprint density at radius 2 is 1.48 bits per heavy atom. The first kappa shape index (κ1) is 24.1. The monoisotopic (exact) mass is 532 g/mol. The number of carbonyl (C=O) groups is 2. The Labute approximate surface area is 176 Å². The third kappa shape index (κ3) is 12.1. The molecule has 0 aliphatic carbocycles. The van der Waals surface area contributed by atoms with Gasteiger partial charge in [-0.2, -0.15) is 0 Å². The first-order valence-corrected chi connectivity index (χ1v) is 9.06. The summed E-state index contributed by atoms with van der Waals surface area (Å²) in [7, 11) is 0. The Balaban J connectivity index is 0.000000391. The molecule has 3 N–H and O–H groups in total. The lowest BCUT2D eigenvalue weighted by Crippen LogP contribution is -2.05. The van der Waals surface area contributed by atoms with Crippen LogP contribution in [0.3, 0.4) is 0 Å². The van der Waals surface area contributed by atoms with Crippen molar-refractivity contribution in [3.8, 4) is 0 Å². The highest BCUT2D eigenvalue weighted by Gasteiger charge is 2.00. The summed E-state index contributed by atoms with van der Waals surface area (Å²) >= 11 is 22.2. The maximum absolute atomic E-state index is 10.6. The summed E-state index contributed by atoms with van der Waals surface area (Å²) in [6, 6.07) is 3.39. The second-order valence-electron chi connectivity index (χ2n) is 4.19. The zero-order valence-corrected chi connectivity index (χ0v) is 18.4. The molecule has 0 bridgehead atoms. The normalized spacial score (nSPS) is 9.08. The number of anilines is 2. The van der Waals surface area contributed by atoms with Crippen LogP contribution in [-0.4, -0.2) is 21.1 Å². The highest BCUT2D eigenvalue weighted by molar-refractivity contribution is 9.10. The lowest BCUT2D eigenvalue weighted by atomic mass is 10.4. The molecule has 1 amide bonds. The van der Waals surface area contributed by atoms with E-state index in [0.717, 1.165) is 4.47 Å². The van der Waals surface area contributed by atoms with Crippen molar-refractivity contribution >= 4 is 89.2 Å². The van der Waals surface area contributed by atoms with Crippen LogP contribution in [0.2, 0.25) is 10.3 Å². The van der Waals surface area contributed by atoms with Gasteiger partial charge in [0.25, 0.3) is 0 Å². The third-order valence-electron chi connectivity index (χ3n) is 1.93. The van der Waals surface area contributed by atoms with Crippen molar-refractivity contribution in [2.75, 3.05) is 11.1 Å². The van der Waals surface area contributed by atoms with Crippen molar-refractivity contribution in [3.63, 3.8) is 0 Å². The number of halogens is 5. The molecule has 0 aliphatic rings. The molecule has 0 fully saturated rings. The van der Waals surface area contributed by atoms with Crippen LogP contribution in [0.1, 0.15) is 13.8 Å². The zero-order valence-electron chi connectivity index (χ0n) is 13.0. The van der Waals surface area contributed by atoms with E-state index in [1.54, 1.807) is 12.1 Å². The van der Waals surface area contributed by atoms with Crippen molar-refractivity contribution in [1.29, 1.82) is 0 Å². The Kier molecular flexibility index (Phi) is 12.0. The van der Waals surface area contributed by atoms with Crippen molar-refractivity contribution in [3.05, 3.63) is 43.8 Å². The van der Waals surface area contributed by atoms with Crippen LogP contribution in [0, 0.1) is 0 Å². The van der Waals surface area contributed by atoms with Gasteiger partial charge in [0.15, 0.2) is 0 Å². The Morgan fingerprint density at radius 1 is 1.04 bits per heavy atom. The molecule has 2 heterocycles. The summed E-state index contributed by atoms with van der Waals surface area (Å²) in [6.07, 6.45) is 3.00. The van der Waals surface area contributed by atoms with Crippen LogP contribution in [-0.2, 0) is 9.59 Å². The summed E-state index contributed by atoms with van der Waals surface area (Å²) in [5.41, 5.74) is 6.60. The Morgan fingerprint density at radius 3 is 1.84 bits per heavy atom. The highest BCUT2D eigenvalue weighted by Crippen LogP contribution is 2.22. The van der Waals surface area contributed by atoms with Crippen molar-refractivity contribution in [2.45, 2.75) is 13.8 Å². The second-order valence-corrected chi connectivity index (χ2v) is 7.15. The van der Waals surface area contributed by atoms with Crippen molar-refractivity contribution in [2.24, 2.45) is 0 Å². The molecule has 2 aromatic heterocycles. The number of hydrogen-bond donors (Lipinski definition) is 2. The molecule has 0 aliphatic heterocycles. The molecule has 2 rings (SSSR count). The SMILES string of the molecule is CC(=O)Cl.CC(=O)Nc1cnc(Cl)c(Br)c1.Nc1cnc(Cl)c(Br)c1. The minimum atomic E-state index is -0.361. The van der Waals surface area contributed by atoms with E-state index in [2.05, 4.69) is 58.7 Å². The van der Waals surface area contributed by atoms with Gasteiger partial charge in [-0.25, -0.2) is 9.97 Å². The molecule has 0 unspecified atom stereocenters. The first-order valence-electron chi connectivity index (χ1n) is 6.34. The molecule has 0 spiro atoms. The molecule has 25 heavy (non-hydrogen) atoms. The number of aromatic nitrogens is 2. The Hall–Kier alpha value is -0.930. The van der Waals surface area contributed by atoms with E-state index in [1.807, 2.05) is 0 Å². The smallest absolute Gasteiger partial charge is 0.221 e. The molecule has 0 saturated heterocycles. The number of amides is 1. The van der Waals surface area contributed by atoms with E-state index in [1.165, 1.54) is 26.2 Å². The lowest BCUT2D eigenvalue weighted by molar-refractivity contribution is -0.114. The van der Waals surface area contributed by atoms with Gasteiger partial charge >= 0.3 is 0 Å². The number of hydrogen-bond acceptors (Lipinski definition) is 5. The standard InChI is InChI=1S/C7H6BrClN2O.C5H4BrClN2.C2H3ClO/c1-4(12)11-5-2-6(8)7(9)10-3-5;6-4-1-3(8)2-9-5(4)7;1-2(3)4/h2-3H,1H3,(H,11,12);1-2H,8H2;1H3. The van der Waals surface area contributed by atoms with E-state index >= 15 is 0 Å². The quantitative estimate of drug-likeness (QED) is 0.381. The second kappa shape index (κ2) is 12.4. The van der Waals surface area contributed by atoms with Gasteiger partial charge < -0.3 is 11.1 Å². The third-order valence-corrected chi connectivity index (χ3v) is 4.20. The summed E-state index contributed by atoms with van der Waals surface area (Å²) in [5.74, 6) is -0.133. The molecule has 11 heteroatoms. The maximum Gasteiger partial charge on any atom is 0.221 e. The minimum absolute atomic E-state index is 0.133. The average molecular weight is 535 g/mol. The Bertz CT molecular complexity index is 744. The fourth-order valence-corrected chi connectivity index (χ4v) is 2.05. The van der Waals surface area contributed by atoms with Gasteiger partial charge in [-0.3, -0.25) is 9.59 Å². The summed E-state index contributed by atoms with van der Waals surface area (Å²) < 4.78 is 1.39. The van der Waals surface area contributed by atoms with Crippen LogP contribution in [0.15, 0.2) is 33.5 Å². The minimum Gasteiger partial charge on any atom is -0.397 e. The topological polar surface area (TPSA) is 98.0 Å². The van der Waals surface area contributed by atoms with E-state index in [9.17, 15) is 9.59 Å². The maximum atomic E-state index is 10.6. The van der Waals surface area contributed by atoms with Crippen molar-refractivity contribution < 1.29 is 9.59 Å².